The molecule has 104 valence electrons. The Labute approximate surface area is 113 Å². The fourth-order valence-corrected chi connectivity index (χ4v) is 2.07. The van der Waals surface area contributed by atoms with Gasteiger partial charge in [0.15, 0.2) is 0 Å². The molecule has 1 unspecified atom stereocenters. The van der Waals surface area contributed by atoms with E-state index < -0.39 is 0 Å². The molecule has 19 heavy (non-hydrogen) atoms. The summed E-state index contributed by atoms with van der Waals surface area (Å²) in [4.78, 5) is 11.4. The van der Waals surface area contributed by atoms with Crippen LogP contribution < -0.4 is 15.4 Å². The van der Waals surface area contributed by atoms with Crippen LogP contribution in [0.15, 0.2) is 24.3 Å². The summed E-state index contributed by atoms with van der Waals surface area (Å²) in [6, 6.07) is 8.04. The maximum atomic E-state index is 11.4. The van der Waals surface area contributed by atoms with Gasteiger partial charge in [0, 0.05) is 26.6 Å². The smallest absolute Gasteiger partial charge is 0.234 e. The molecule has 0 saturated carbocycles. The van der Waals surface area contributed by atoms with Crippen LogP contribution in [0.1, 0.15) is 5.56 Å². The second-order valence-electron chi connectivity index (χ2n) is 4.53. The topological polar surface area (TPSA) is 59.6 Å². The fourth-order valence-electron chi connectivity index (χ4n) is 2.07. The number of fused-ring (bicyclic) bond motifs is 1. The zero-order valence-electron chi connectivity index (χ0n) is 11.1. The summed E-state index contributed by atoms with van der Waals surface area (Å²) in [5, 5.41) is 5.87. The number of hydrogen-bond donors (Lipinski definition) is 2. The molecular weight excluding hydrogens is 244 g/mol. The van der Waals surface area contributed by atoms with E-state index in [2.05, 4.69) is 16.7 Å². The molecule has 2 N–H and O–H groups in total. The Bertz CT molecular complexity index is 398. The number of amides is 1. The van der Waals surface area contributed by atoms with Gasteiger partial charge in [-0.15, -0.1) is 0 Å². The summed E-state index contributed by atoms with van der Waals surface area (Å²) in [6.07, 6.45) is 1.01. The third kappa shape index (κ3) is 4.22. The Kier molecular flexibility index (Phi) is 5.18. The molecule has 1 aromatic carbocycles. The van der Waals surface area contributed by atoms with Gasteiger partial charge in [0.05, 0.1) is 13.2 Å². The maximum Gasteiger partial charge on any atom is 0.234 e. The molecule has 0 bridgehead atoms. The van der Waals surface area contributed by atoms with Crippen molar-refractivity contribution in [3.63, 3.8) is 0 Å². The van der Waals surface area contributed by atoms with Crippen molar-refractivity contribution < 1.29 is 14.3 Å². The summed E-state index contributed by atoms with van der Waals surface area (Å²) in [5.74, 6) is 0.936. The lowest BCUT2D eigenvalue weighted by atomic mass is 10.1. The van der Waals surface area contributed by atoms with Crippen LogP contribution in [0.5, 0.6) is 5.75 Å². The highest BCUT2D eigenvalue weighted by Gasteiger charge is 2.21. The zero-order chi connectivity index (χ0) is 13.5. The van der Waals surface area contributed by atoms with Crippen LogP contribution >= 0.6 is 0 Å². The molecule has 0 fully saturated rings. The van der Waals surface area contributed by atoms with Crippen molar-refractivity contribution in [3.05, 3.63) is 29.8 Å². The van der Waals surface area contributed by atoms with Crippen LogP contribution in [0.4, 0.5) is 0 Å². The van der Waals surface area contributed by atoms with Crippen LogP contribution in [-0.2, 0) is 16.0 Å². The van der Waals surface area contributed by atoms with Gasteiger partial charge in [0.25, 0.3) is 0 Å². The summed E-state index contributed by atoms with van der Waals surface area (Å²) in [5.41, 5.74) is 1.24. The van der Waals surface area contributed by atoms with Gasteiger partial charge in [-0.2, -0.15) is 0 Å². The van der Waals surface area contributed by atoms with Gasteiger partial charge in [0.1, 0.15) is 11.9 Å². The van der Waals surface area contributed by atoms with Gasteiger partial charge in [-0.1, -0.05) is 18.2 Å². The van der Waals surface area contributed by atoms with E-state index in [9.17, 15) is 4.79 Å². The Hall–Kier alpha value is -1.59. The summed E-state index contributed by atoms with van der Waals surface area (Å²) < 4.78 is 10.6. The second-order valence-corrected chi connectivity index (χ2v) is 4.53. The molecule has 1 heterocycles. The Morgan fingerprint density at radius 2 is 2.32 bits per heavy atom. The first-order chi connectivity index (χ1) is 9.29. The first-order valence-corrected chi connectivity index (χ1v) is 6.50. The van der Waals surface area contributed by atoms with Crippen LogP contribution in [0.3, 0.4) is 0 Å². The Morgan fingerprint density at radius 3 is 3.11 bits per heavy atom. The number of carbonyl (C=O) groups is 1. The predicted molar refractivity (Wildman–Crippen MR) is 72.3 cm³/mol. The number of methoxy groups -OCH3 is 1. The van der Waals surface area contributed by atoms with E-state index in [0.717, 1.165) is 12.2 Å². The van der Waals surface area contributed by atoms with E-state index in [1.165, 1.54) is 5.56 Å². The van der Waals surface area contributed by atoms with Gasteiger partial charge in [0.2, 0.25) is 5.91 Å². The lowest BCUT2D eigenvalue weighted by Gasteiger charge is -2.11. The molecule has 1 amide bonds. The summed E-state index contributed by atoms with van der Waals surface area (Å²) >= 11 is 0. The normalized spacial score (nSPS) is 16.8. The molecule has 0 saturated heterocycles. The number of hydrogen-bond acceptors (Lipinski definition) is 4. The number of benzene rings is 1. The lowest BCUT2D eigenvalue weighted by Crippen LogP contribution is -2.39. The van der Waals surface area contributed by atoms with Crippen LogP contribution in [0, 0.1) is 0 Å². The fraction of sp³-hybridized carbons (Fsp3) is 0.500. The van der Waals surface area contributed by atoms with E-state index in [1.54, 1.807) is 7.11 Å². The predicted octanol–water partition coefficient (Wildman–Crippen LogP) is 0.342. The maximum absolute atomic E-state index is 11.4. The molecule has 2 rings (SSSR count). The second kappa shape index (κ2) is 7.11. The highest BCUT2D eigenvalue weighted by molar-refractivity contribution is 5.77. The van der Waals surface area contributed by atoms with E-state index in [1.807, 2.05) is 18.2 Å². The Morgan fingerprint density at radius 1 is 1.47 bits per heavy atom. The highest BCUT2D eigenvalue weighted by Crippen LogP contribution is 2.27. The van der Waals surface area contributed by atoms with Crippen LogP contribution in [0.25, 0.3) is 0 Å². The van der Waals surface area contributed by atoms with E-state index in [4.69, 9.17) is 9.47 Å². The van der Waals surface area contributed by atoms with Gasteiger partial charge in [-0.25, -0.2) is 0 Å². The first kappa shape index (κ1) is 13.8. The minimum Gasteiger partial charge on any atom is -0.488 e. The lowest BCUT2D eigenvalue weighted by molar-refractivity contribution is -0.120. The molecular formula is C14H20N2O3. The minimum absolute atomic E-state index is 0.0208. The standard InChI is InChI=1S/C14H20N2O3/c1-18-7-6-16-14(17)10-15-9-12-8-11-4-2-3-5-13(11)19-12/h2-5,12,15H,6-10H2,1H3,(H,16,17). The average Bonchev–Trinajstić information content (AvgIpc) is 2.81. The molecule has 5 nitrogen and oxygen atoms in total. The molecule has 5 heteroatoms. The monoisotopic (exact) mass is 264 g/mol. The molecule has 1 atom stereocenters. The van der Waals surface area contributed by atoms with Crippen molar-refractivity contribution >= 4 is 5.91 Å². The van der Waals surface area contributed by atoms with E-state index >= 15 is 0 Å². The third-order valence-electron chi connectivity index (χ3n) is 3.00. The number of nitrogens with one attached hydrogen (secondary N) is 2. The molecule has 0 aliphatic carbocycles. The molecule has 1 aliphatic rings. The van der Waals surface area contributed by atoms with Crippen molar-refractivity contribution in [2.45, 2.75) is 12.5 Å². The molecule has 0 radical (unpaired) electrons. The Balaban J connectivity index is 1.62. The first-order valence-electron chi connectivity index (χ1n) is 6.50. The molecule has 1 aromatic rings. The van der Waals surface area contributed by atoms with Crippen molar-refractivity contribution in [1.29, 1.82) is 0 Å². The number of ether oxygens (including phenoxy) is 2. The van der Waals surface area contributed by atoms with Crippen molar-refractivity contribution in [1.82, 2.24) is 10.6 Å². The largest absolute Gasteiger partial charge is 0.488 e. The van der Waals surface area contributed by atoms with Gasteiger partial charge in [-0.3, -0.25) is 4.79 Å². The number of para-hydroxylation sites is 1. The molecule has 0 aromatic heterocycles. The van der Waals surface area contributed by atoms with Gasteiger partial charge >= 0.3 is 0 Å². The highest BCUT2D eigenvalue weighted by atomic mass is 16.5. The summed E-state index contributed by atoms with van der Waals surface area (Å²) in [6.45, 7) is 2.06. The zero-order valence-corrected chi connectivity index (χ0v) is 11.1. The quantitative estimate of drug-likeness (QED) is 0.697. The SMILES string of the molecule is COCCNC(=O)CNCC1Cc2ccccc2O1. The van der Waals surface area contributed by atoms with Crippen molar-refractivity contribution in [2.24, 2.45) is 0 Å². The van der Waals surface area contributed by atoms with Gasteiger partial charge < -0.3 is 20.1 Å². The van der Waals surface area contributed by atoms with E-state index in [0.29, 0.717) is 26.2 Å². The van der Waals surface area contributed by atoms with E-state index in [-0.39, 0.29) is 12.0 Å². The number of rotatable bonds is 7. The summed E-state index contributed by atoms with van der Waals surface area (Å²) in [7, 11) is 1.61. The number of carbonyl (C=O) groups excluding carboxylic acids is 1. The van der Waals surface area contributed by atoms with Crippen LogP contribution in [-0.4, -0.2) is 45.4 Å². The van der Waals surface area contributed by atoms with Crippen LogP contribution in [0.2, 0.25) is 0 Å². The van der Waals surface area contributed by atoms with Crippen molar-refractivity contribution in [3.8, 4) is 5.75 Å². The average molecular weight is 264 g/mol. The molecule has 1 aliphatic heterocycles. The minimum atomic E-state index is -0.0208. The van der Waals surface area contributed by atoms with Crippen molar-refractivity contribution in [2.75, 3.05) is 33.4 Å². The third-order valence-corrected chi connectivity index (χ3v) is 3.00. The molecule has 0 spiro atoms. The van der Waals surface area contributed by atoms with Gasteiger partial charge in [-0.05, 0) is 11.6 Å².